The molecule has 1 heterocycles. The van der Waals surface area contributed by atoms with Crippen molar-refractivity contribution in [3.63, 3.8) is 0 Å². The van der Waals surface area contributed by atoms with Crippen LogP contribution in [0.3, 0.4) is 0 Å². The lowest BCUT2D eigenvalue weighted by Gasteiger charge is -2.13. The van der Waals surface area contributed by atoms with Crippen molar-refractivity contribution in [3.05, 3.63) is 83.2 Å². The number of nitrogens with one attached hydrogen (secondary N) is 1. The summed E-state index contributed by atoms with van der Waals surface area (Å²) >= 11 is 0. The molecule has 5 heteroatoms. The highest BCUT2D eigenvalue weighted by Crippen LogP contribution is 2.20. The van der Waals surface area contributed by atoms with E-state index in [4.69, 9.17) is 9.47 Å². The lowest BCUT2D eigenvalue weighted by Crippen LogP contribution is -2.21. The Labute approximate surface area is 165 Å². The molecule has 1 N–H and O–H groups in total. The van der Waals surface area contributed by atoms with Crippen LogP contribution in [0.2, 0.25) is 0 Å². The third-order valence-electron chi connectivity index (χ3n) is 4.23. The van der Waals surface area contributed by atoms with E-state index in [9.17, 15) is 4.79 Å². The molecule has 0 spiro atoms. The number of aryl methyl sites for hydroxylation is 3. The number of benzene rings is 2. The molecule has 0 bridgehead atoms. The van der Waals surface area contributed by atoms with Gasteiger partial charge in [0.1, 0.15) is 18.1 Å². The highest BCUT2D eigenvalue weighted by Gasteiger charge is 2.10. The van der Waals surface area contributed by atoms with Gasteiger partial charge in [0.25, 0.3) is 5.91 Å². The number of pyridine rings is 1. The fourth-order valence-corrected chi connectivity index (χ4v) is 2.91. The van der Waals surface area contributed by atoms with Crippen molar-refractivity contribution in [3.8, 4) is 11.5 Å². The van der Waals surface area contributed by atoms with Gasteiger partial charge < -0.3 is 14.8 Å². The van der Waals surface area contributed by atoms with Crippen molar-refractivity contribution >= 4 is 11.6 Å². The first kappa shape index (κ1) is 19.4. The molecule has 0 aliphatic rings. The average Bonchev–Trinajstić information content (AvgIpc) is 2.69. The second-order valence-electron chi connectivity index (χ2n) is 6.62. The summed E-state index contributed by atoms with van der Waals surface area (Å²) in [4.78, 5) is 16.6. The number of carbonyl (C=O) groups excluding carboxylic acids is 1. The minimum Gasteiger partial charge on any atom is -0.489 e. The minimum atomic E-state index is -0.221. The smallest absolute Gasteiger partial charge is 0.262 e. The van der Waals surface area contributed by atoms with E-state index in [1.165, 1.54) is 0 Å². The summed E-state index contributed by atoms with van der Waals surface area (Å²) in [5.41, 5.74) is 4.56. The number of hydrogen-bond donors (Lipinski definition) is 1. The molecule has 1 aromatic heterocycles. The zero-order valence-electron chi connectivity index (χ0n) is 16.4. The molecule has 0 atom stereocenters. The molecule has 1 amide bonds. The van der Waals surface area contributed by atoms with Crippen LogP contribution in [-0.4, -0.2) is 17.5 Å². The maximum Gasteiger partial charge on any atom is 0.262 e. The van der Waals surface area contributed by atoms with Crippen LogP contribution < -0.4 is 14.8 Å². The molecule has 0 saturated heterocycles. The summed E-state index contributed by atoms with van der Waals surface area (Å²) in [7, 11) is 0. The normalized spacial score (nSPS) is 10.4. The maximum atomic E-state index is 12.2. The number of amides is 1. The Kier molecular flexibility index (Phi) is 6.27. The predicted octanol–water partition coefficient (Wildman–Crippen LogP) is 4.60. The lowest BCUT2D eigenvalue weighted by atomic mass is 10.1. The monoisotopic (exact) mass is 376 g/mol. The number of rotatable bonds is 7. The molecule has 3 rings (SSSR count). The standard InChI is InChI=1S/C23H24N2O3/c1-16-13-17(2)24-18(3)23(16)25-22(26)15-28-21-11-9-20(10-12-21)27-14-19-7-5-4-6-8-19/h4-13H,14-15H2,1-3H3,(H,25,26). The Balaban J connectivity index is 1.50. The second kappa shape index (κ2) is 9.04. The van der Waals surface area contributed by atoms with Gasteiger partial charge in [0.05, 0.1) is 11.4 Å². The Morgan fingerprint density at radius 1 is 0.929 bits per heavy atom. The van der Waals surface area contributed by atoms with Crippen LogP contribution in [0, 0.1) is 20.8 Å². The SMILES string of the molecule is Cc1cc(C)c(NC(=O)COc2ccc(OCc3ccccc3)cc2)c(C)n1. The Morgan fingerprint density at radius 2 is 1.57 bits per heavy atom. The molecule has 2 aromatic carbocycles. The van der Waals surface area contributed by atoms with Crippen molar-refractivity contribution in [2.24, 2.45) is 0 Å². The number of carbonyl (C=O) groups is 1. The molecule has 0 saturated carbocycles. The summed E-state index contributed by atoms with van der Waals surface area (Å²) in [6.07, 6.45) is 0. The minimum absolute atomic E-state index is 0.0724. The number of hydrogen-bond acceptors (Lipinski definition) is 4. The van der Waals surface area contributed by atoms with E-state index >= 15 is 0 Å². The summed E-state index contributed by atoms with van der Waals surface area (Å²) in [6.45, 7) is 6.20. The van der Waals surface area contributed by atoms with Crippen LogP contribution in [0.5, 0.6) is 11.5 Å². The maximum absolute atomic E-state index is 12.2. The first-order valence-electron chi connectivity index (χ1n) is 9.15. The van der Waals surface area contributed by atoms with Crippen LogP contribution in [0.25, 0.3) is 0 Å². The van der Waals surface area contributed by atoms with Crippen LogP contribution in [0.4, 0.5) is 5.69 Å². The molecular weight excluding hydrogens is 352 g/mol. The van der Waals surface area contributed by atoms with E-state index in [-0.39, 0.29) is 12.5 Å². The van der Waals surface area contributed by atoms with E-state index in [0.29, 0.717) is 12.4 Å². The van der Waals surface area contributed by atoms with Crippen LogP contribution in [0.15, 0.2) is 60.7 Å². The molecule has 28 heavy (non-hydrogen) atoms. The molecule has 3 aromatic rings. The van der Waals surface area contributed by atoms with Gasteiger partial charge in [-0.25, -0.2) is 0 Å². The fraction of sp³-hybridized carbons (Fsp3) is 0.217. The molecule has 0 fully saturated rings. The van der Waals surface area contributed by atoms with Crippen molar-refractivity contribution < 1.29 is 14.3 Å². The first-order chi connectivity index (χ1) is 13.5. The Morgan fingerprint density at radius 3 is 2.21 bits per heavy atom. The molecule has 5 nitrogen and oxygen atoms in total. The van der Waals surface area contributed by atoms with Gasteiger partial charge in [-0.05, 0) is 62.2 Å². The van der Waals surface area contributed by atoms with Crippen molar-refractivity contribution in [1.82, 2.24) is 4.98 Å². The molecular formula is C23H24N2O3. The molecule has 0 aliphatic carbocycles. The lowest BCUT2D eigenvalue weighted by molar-refractivity contribution is -0.118. The topological polar surface area (TPSA) is 60.5 Å². The molecule has 0 radical (unpaired) electrons. The van der Waals surface area contributed by atoms with Crippen LogP contribution in [-0.2, 0) is 11.4 Å². The van der Waals surface area contributed by atoms with Crippen molar-refractivity contribution in [2.75, 3.05) is 11.9 Å². The predicted molar refractivity (Wildman–Crippen MR) is 110 cm³/mol. The largest absolute Gasteiger partial charge is 0.489 e. The van der Waals surface area contributed by atoms with E-state index < -0.39 is 0 Å². The third-order valence-corrected chi connectivity index (χ3v) is 4.23. The highest BCUT2D eigenvalue weighted by molar-refractivity contribution is 5.93. The third kappa shape index (κ3) is 5.33. The van der Waals surface area contributed by atoms with Gasteiger partial charge in [0.2, 0.25) is 0 Å². The van der Waals surface area contributed by atoms with Gasteiger partial charge in [-0.15, -0.1) is 0 Å². The van der Waals surface area contributed by atoms with Gasteiger partial charge in [-0.3, -0.25) is 9.78 Å². The van der Waals surface area contributed by atoms with Crippen molar-refractivity contribution in [2.45, 2.75) is 27.4 Å². The summed E-state index contributed by atoms with van der Waals surface area (Å²) in [5.74, 6) is 1.14. The Hall–Kier alpha value is -3.34. The Bertz CT molecular complexity index is 915. The zero-order chi connectivity index (χ0) is 19.9. The first-order valence-corrected chi connectivity index (χ1v) is 9.15. The number of aromatic nitrogens is 1. The fourth-order valence-electron chi connectivity index (χ4n) is 2.91. The average molecular weight is 376 g/mol. The quantitative estimate of drug-likeness (QED) is 0.654. The summed E-state index contributed by atoms with van der Waals surface area (Å²) < 4.78 is 11.3. The van der Waals surface area contributed by atoms with E-state index in [1.54, 1.807) is 12.1 Å². The zero-order valence-corrected chi connectivity index (χ0v) is 16.4. The van der Waals surface area contributed by atoms with E-state index in [2.05, 4.69) is 10.3 Å². The van der Waals surface area contributed by atoms with Gasteiger partial charge in [0, 0.05) is 5.69 Å². The van der Waals surface area contributed by atoms with E-state index in [1.807, 2.05) is 69.3 Å². The second-order valence-corrected chi connectivity index (χ2v) is 6.62. The molecule has 0 aliphatic heterocycles. The van der Waals surface area contributed by atoms with E-state index in [0.717, 1.165) is 34.0 Å². The van der Waals surface area contributed by atoms with Crippen molar-refractivity contribution in [1.29, 1.82) is 0 Å². The number of ether oxygens (including phenoxy) is 2. The van der Waals surface area contributed by atoms with Gasteiger partial charge >= 0.3 is 0 Å². The van der Waals surface area contributed by atoms with Gasteiger partial charge in [-0.2, -0.15) is 0 Å². The highest BCUT2D eigenvalue weighted by atomic mass is 16.5. The van der Waals surface area contributed by atoms with Gasteiger partial charge in [-0.1, -0.05) is 30.3 Å². The van der Waals surface area contributed by atoms with Crippen LogP contribution >= 0.6 is 0 Å². The van der Waals surface area contributed by atoms with Gasteiger partial charge in [0.15, 0.2) is 6.61 Å². The number of nitrogens with zero attached hydrogens (tertiary/aromatic N) is 1. The number of anilines is 1. The molecule has 0 unspecified atom stereocenters. The molecule has 144 valence electrons. The summed E-state index contributed by atoms with van der Waals surface area (Å²) in [5, 5.41) is 2.87. The van der Waals surface area contributed by atoms with Crippen LogP contribution in [0.1, 0.15) is 22.5 Å². The summed E-state index contributed by atoms with van der Waals surface area (Å²) in [6, 6.07) is 19.2.